The molecule has 124 valence electrons. The molecule has 1 saturated carbocycles. The summed E-state index contributed by atoms with van der Waals surface area (Å²) in [7, 11) is -3.42. The zero-order chi connectivity index (χ0) is 15.7. The van der Waals surface area contributed by atoms with Crippen LogP contribution in [0.1, 0.15) is 52.4 Å². The van der Waals surface area contributed by atoms with Crippen molar-refractivity contribution >= 4 is 16.1 Å². The molecule has 6 nitrogen and oxygen atoms in total. The average Bonchev–Trinajstić information content (AvgIpc) is 2.46. The van der Waals surface area contributed by atoms with Gasteiger partial charge in [0.1, 0.15) is 0 Å². The summed E-state index contributed by atoms with van der Waals surface area (Å²) < 4.78 is 27.6. The molecule has 0 spiro atoms. The number of amides is 1. The summed E-state index contributed by atoms with van der Waals surface area (Å²) in [5, 5.41) is 2.79. The van der Waals surface area contributed by atoms with E-state index >= 15 is 0 Å². The molecule has 0 heterocycles. The van der Waals surface area contributed by atoms with Gasteiger partial charge in [-0.25, -0.2) is 4.72 Å². The Morgan fingerprint density at radius 3 is 2.29 bits per heavy atom. The summed E-state index contributed by atoms with van der Waals surface area (Å²) in [5.74, 6) is 0.537. The molecule has 2 N–H and O–H groups in total. The second-order valence-electron chi connectivity index (χ2n) is 5.54. The van der Waals surface area contributed by atoms with Crippen LogP contribution in [-0.4, -0.2) is 44.8 Å². The van der Waals surface area contributed by atoms with Crippen LogP contribution in [0.25, 0.3) is 0 Å². The maximum atomic E-state index is 11.9. The van der Waals surface area contributed by atoms with Gasteiger partial charge in [-0.2, -0.15) is 12.7 Å². The van der Waals surface area contributed by atoms with Gasteiger partial charge in [0.2, 0.25) is 5.91 Å². The van der Waals surface area contributed by atoms with E-state index in [0.29, 0.717) is 32.0 Å². The predicted molar refractivity (Wildman–Crippen MR) is 84.0 cm³/mol. The van der Waals surface area contributed by atoms with Crippen LogP contribution in [0, 0.1) is 5.92 Å². The van der Waals surface area contributed by atoms with Crippen molar-refractivity contribution in [1.82, 2.24) is 14.3 Å². The fourth-order valence-corrected chi connectivity index (χ4v) is 3.98. The van der Waals surface area contributed by atoms with Gasteiger partial charge in [0.25, 0.3) is 10.2 Å². The standard InChI is InChI=1S/C14H29N3O3S/c1-3-17(4-2)21(19,20)16-11-10-15-14(18)12-13-8-6-5-7-9-13/h13,16H,3-12H2,1-2H3,(H,15,18). The minimum Gasteiger partial charge on any atom is -0.355 e. The van der Waals surface area contributed by atoms with Gasteiger partial charge in [-0.3, -0.25) is 4.79 Å². The van der Waals surface area contributed by atoms with E-state index in [0.717, 1.165) is 12.8 Å². The molecule has 1 aliphatic rings. The van der Waals surface area contributed by atoms with Crippen LogP contribution >= 0.6 is 0 Å². The number of nitrogens with one attached hydrogen (secondary N) is 2. The van der Waals surface area contributed by atoms with Gasteiger partial charge in [0.15, 0.2) is 0 Å². The number of carbonyl (C=O) groups is 1. The monoisotopic (exact) mass is 319 g/mol. The molecule has 0 bridgehead atoms. The van der Waals surface area contributed by atoms with E-state index in [1.165, 1.54) is 23.6 Å². The van der Waals surface area contributed by atoms with E-state index in [4.69, 9.17) is 0 Å². The van der Waals surface area contributed by atoms with Crippen molar-refractivity contribution in [2.45, 2.75) is 52.4 Å². The van der Waals surface area contributed by atoms with Crippen molar-refractivity contribution in [1.29, 1.82) is 0 Å². The van der Waals surface area contributed by atoms with Crippen LogP contribution in [-0.2, 0) is 15.0 Å². The van der Waals surface area contributed by atoms with E-state index in [-0.39, 0.29) is 12.5 Å². The van der Waals surface area contributed by atoms with Gasteiger partial charge in [-0.1, -0.05) is 33.1 Å². The minimum absolute atomic E-state index is 0.0314. The Bertz CT molecular complexity index is 402. The fraction of sp³-hybridized carbons (Fsp3) is 0.929. The predicted octanol–water partition coefficient (Wildman–Crippen LogP) is 1.25. The van der Waals surface area contributed by atoms with Gasteiger partial charge in [0.05, 0.1) is 0 Å². The highest BCUT2D eigenvalue weighted by atomic mass is 32.2. The Kier molecular flexibility index (Phi) is 8.21. The maximum Gasteiger partial charge on any atom is 0.279 e. The lowest BCUT2D eigenvalue weighted by Gasteiger charge is -2.21. The van der Waals surface area contributed by atoms with E-state index in [1.807, 2.05) is 0 Å². The fourth-order valence-electron chi connectivity index (χ4n) is 2.76. The van der Waals surface area contributed by atoms with E-state index in [1.54, 1.807) is 13.8 Å². The molecule has 1 fully saturated rings. The molecule has 0 saturated heterocycles. The smallest absolute Gasteiger partial charge is 0.279 e. The van der Waals surface area contributed by atoms with Crippen molar-refractivity contribution in [3.63, 3.8) is 0 Å². The highest BCUT2D eigenvalue weighted by Gasteiger charge is 2.18. The van der Waals surface area contributed by atoms with Crippen molar-refractivity contribution in [2.75, 3.05) is 26.2 Å². The molecule has 0 radical (unpaired) electrons. The molecule has 0 atom stereocenters. The van der Waals surface area contributed by atoms with E-state index < -0.39 is 10.2 Å². The Morgan fingerprint density at radius 1 is 1.10 bits per heavy atom. The molecule has 1 aliphatic carbocycles. The summed E-state index contributed by atoms with van der Waals surface area (Å²) in [6.45, 7) is 5.06. The van der Waals surface area contributed by atoms with Gasteiger partial charge in [0, 0.05) is 32.6 Å². The van der Waals surface area contributed by atoms with Crippen LogP contribution in [0.2, 0.25) is 0 Å². The molecule has 0 unspecified atom stereocenters. The first-order valence-corrected chi connectivity index (χ1v) is 9.45. The molecular formula is C14H29N3O3S. The zero-order valence-electron chi connectivity index (χ0n) is 13.2. The van der Waals surface area contributed by atoms with Crippen LogP contribution < -0.4 is 10.0 Å². The van der Waals surface area contributed by atoms with Gasteiger partial charge >= 0.3 is 0 Å². The van der Waals surface area contributed by atoms with Crippen molar-refractivity contribution in [3.05, 3.63) is 0 Å². The largest absolute Gasteiger partial charge is 0.355 e. The van der Waals surface area contributed by atoms with Crippen LogP contribution in [0.15, 0.2) is 0 Å². The second kappa shape index (κ2) is 9.38. The zero-order valence-corrected chi connectivity index (χ0v) is 14.0. The maximum absolute atomic E-state index is 11.9. The molecule has 7 heteroatoms. The van der Waals surface area contributed by atoms with Crippen LogP contribution in [0.3, 0.4) is 0 Å². The Morgan fingerprint density at radius 2 is 1.71 bits per heavy atom. The van der Waals surface area contributed by atoms with Gasteiger partial charge < -0.3 is 5.32 Å². The first-order valence-electron chi connectivity index (χ1n) is 8.01. The van der Waals surface area contributed by atoms with E-state index in [9.17, 15) is 13.2 Å². The first kappa shape index (κ1) is 18.4. The second-order valence-corrected chi connectivity index (χ2v) is 7.30. The highest BCUT2D eigenvalue weighted by Crippen LogP contribution is 2.25. The summed E-state index contributed by atoms with van der Waals surface area (Å²) in [6, 6.07) is 0. The SMILES string of the molecule is CCN(CC)S(=O)(=O)NCCNC(=O)CC1CCCCC1. The van der Waals surface area contributed by atoms with Crippen molar-refractivity contribution in [3.8, 4) is 0 Å². The Balaban J connectivity index is 2.19. The quantitative estimate of drug-likeness (QED) is 0.628. The molecule has 0 aliphatic heterocycles. The lowest BCUT2D eigenvalue weighted by atomic mass is 9.87. The molecule has 21 heavy (non-hydrogen) atoms. The van der Waals surface area contributed by atoms with E-state index in [2.05, 4.69) is 10.0 Å². The lowest BCUT2D eigenvalue weighted by molar-refractivity contribution is -0.122. The molecule has 1 rings (SSSR count). The number of hydrogen-bond acceptors (Lipinski definition) is 3. The van der Waals surface area contributed by atoms with Crippen LogP contribution in [0.5, 0.6) is 0 Å². The summed E-state index contributed by atoms with van der Waals surface area (Å²) >= 11 is 0. The number of nitrogens with zero attached hydrogens (tertiary/aromatic N) is 1. The van der Waals surface area contributed by atoms with Crippen molar-refractivity contribution in [2.24, 2.45) is 5.92 Å². The number of carbonyl (C=O) groups excluding carboxylic acids is 1. The summed E-state index contributed by atoms with van der Waals surface area (Å²) in [5.41, 5.74) is 0. The summed E-state index contributed by atoms with van der Waals surface area (Å²) in [4.78, 5) is 11.8. The van der Waals surface area contributed by atoms with Crippen molar-refractivity contribution < 1.29 is 13.2 Å². The normalized spacial score (nSPS) is 17.1. The Hall–Kier alpha value is -0.660. The molecule has 1 amide bonds. The molecule has 0 aromatic heterocycles. The third-order valence-electron chi connectivity index (χ3n) is 3.98. The molecule has 0 aromatic carbocycles. The Labute approximate surface area is 128 Å². The highest BCUT2D eigenvalue weighted by molar-refractivity contribution is 7.87. The van der Waals surface area contributed by atoms with Gasteiger partial charge in [-0.15, -0.1) is 0 Å². The van der Waals surface area contributed by atoms with Gasteiger partial charge in [-0.05, 0) is 18.8 Å². The molecule has 0 aromatic rings. The number of rotatable bonds is 9. The first-order chi connectivity index (χ1) is 9.99. The van der Waals surface area contributed by atoms with Crippen LogP contribution in [0.4, 0.5) is 0 Å². The third-order valence-corrected chi connectivity index (χ3v) is 5.74. The third kappa shape index (κ3) is 6.76. The number of hydrogen-bond donors (Lipinski definition) is 2. The lowest BCUT2D eigenvalue weighted by Crippen LogP contribution is -2.43. The minimum atomic E-state index is -3.42. The summed E-state index contributed by atoms with van der Waals surface area (Å²) in [6.07, 6.45) is 6.58. The average molecular weight is 319 g/mol. The topological polar surface area (TPSA) is 78.5 Å². The molecular weight excluding hydrogens is 290 g/mol.